The van der Waals surface area contributed by atoms with E-state index in [0.29, 0.717) is 27.4 Å². The van der Waals surface area contributed by atoms with Gasteiger partial charge in [0.25, 0.3) is 5.91 Å². The minimum absolute atomic E-state index is 0.233. The van der Waals surface area contributed by atoms with Crippen LogP contribution in [0.5, 0.6) is 0 Å². The molecule has 7 heteroatoms. The maximum Gasteiger partial charge on any atom is 0.274 e. The van der Waals surface area contributed by atoms with Gasteiger partial charge in [0.15, 0.2) is 0 Å². The first kappa shape index (κ1) is 17.2. The summed E-state index contributed by atoms with van der Waals surface area (Å²) in [6.45, 7) is 1.72. The summed E-state index contributed by atoms with van der Waals surface area (Å²) in [4.78, 5) is 21.0. The maximum atomic E-state index is 12.5. The van der Waals surface area contributed by atoms with Crippen molar-refractivity contribution >= 4 is 46.3 Å². The summed E-state index contributed by atoms with van der Waals surface area (Å²) in [7, 11) is 0. The summed E-state index contributed by atoms with van der Waals surface area (Å²) in [6, 6.07) is 16.0. The molecule has 3 rings (SSSR count). The Balaban J connectivity index is 1.82. The van der Waals surface area contributed by atoms with Gasteiger partial charge in [-0.05, 0) is 37.3 Å². The molecule has 25 heavy (non-hydrogen) atoms. The van der Waals surface area contributed by atoms with Gasteiger partial charge < -0.3 is 10.6 Å². The number of para-hydroxylation sites is 1. The monoisotopic (exact) mass is 372 g/mol. The highest BCUT2D eigenvalue weighted by Gasteiger charge is 2.13. The molecular weight excluding hydrogens is 359 g/mol. The fourth-order valence-electron chi connectivity index (χ4n) is 2.19. The number of anilines is 3. The number of amides is 1. The largest absolute Gasteiger partial charge is 0.340 e. The molecule has 0 atom stereocenters. The highest BCUT2D eigenvalue weighted by molar-refractivity contribution is 6.36. The lowest BCUT2D eigenvalue weighted by Crippen LogP contribution is -2.15. The summed E-state index contributed by atoms with van der Waals surface area (Å²) < 4.78 is 0. The number of hydrogen-bond acceptors (Lipinski definition) is 4. The fourth-order valence-corrected chi connectivity index (χ4v) is 2.65. The number of carbonyl (C=O) groups excluding carboxylic acids is 1. The Bertz CT molecular complexity index is 916. The molecule has 0 aliphatic carbocycles. The highest BCUT2D eigenvalue weighted by Crippen LogP contribution is 2.26. The number of aryl methyl sites for hydroxylation is 1. The molecule has 0 bridgehead atoms. The minimum atomic E-state index is -0.383. The van der Waals surface area contributed by atoms with Gasteiger partial charge >= 0.3 is 0 Å². The lowest BCUT2D eigenvalue weighted by Gasteiger charge is -2.10. The quantitative estimate of drug-likeness (QED) is 0.669. The second-order valence-corrected chi connectivity index (χ2v) is 6.10. The normalized spacial score (nSPS) is 10.4. The molecule has 0 saturated carbocycles. The first-order chi connectivity index (χ1) is 12.0. The molecule has 1 heterocycles. The molecular formula is C18H14Cl2N4O. The third-order valence-corrected chi connectivity index (χ3v) is 3.84. The van der Waals surface area contributed by atoms with Crippen molar-refractivity contribution in [2.24, 2.45) is 0 Å². The van der Waals surface area contributed by atoms with E-state index in [1.54, 1.807) is 31.2 Å². The van der Waals surface area contributed by atoms with Gasteiger partial charge in [0, 0.05) is 16.8 Å². The first-order valence-corrected chi connectivity index (χ1v) is 8.21. The Hall–Kier alpha value is -2.63. The number of nitrogens with zero attached hydrogens (tertiary/aromatic N) is 2. The van der Waals surface area contributed by atoms with Crippen molar-refractivity contribution in [2.45, 2.75) is 6.92 Å². The molecule has 5 nitrogen and oxygen atoms in total. The summed E-state index contributed by atoms with van der Waals surface area (Å²) in [5.74, 6) is 0.630. The van der Waals surface area contributed by atoms with E-state index in [9.17, 15) is 4.79 Å². The maximum absolute atomic E-state index is 12.5. The second-order valence-electron chi connectivity index (χ2n) is 5.25. The van der Waals surface area contributed by atoms with Crippen molar-refractivity contribution in [1.82, 2.24) is 9.97 Å². The highest BCUT2D eigenvalue weighted by atomic mass is 35.5. The Labute approximate surface area is 155 Å². The van der Waals surface area contributed by atoms with E-state index in [1.807, 2.05) is 30.3 Å². The van der Waals surface area contributed by atoms with E-state index in [2.05, 4.69) is 20.6 Å². The van der Waals surface area contributed by atoms with Crippen LogP contribution in [0.1, 0.15) is 16.3 Å². The average Bonchev–Trinajstić information content (AvgIpc) is 2.57. The Morgan fingerprint density at radius 1 is 1.00 bits per heavy atom. The van der Waals surface area contributed by atoms with Crippen molar-refractivity contribution in [2.75, 3.05) is 10.6 Å². The van der Waals surface area contributed by atoms with Crippen LogP contribution < -0.4 is 10.6 Å². The van der Waals surface area contributed by atoms with Crippen LogP contribution in [0, 0.1) is 6.92 Å². The zero-order valence-electron chi connectivity index (χ0n) is 13.3. The summed E-state index contributed by atoms with van der Waals surface area (Å²) in [5, 5.41) is 6.72. The van der Waals surface area contributed by atoms with Crippen LogP contribution in [0.3, 0.4) is 0 Å². The number of benzene rings is 2. The summed E-state index contributed by atoms with van der Waals surface area (Å²) >= 11 is 11.9. The molecule has 0 fully saturated rings. The number of hydrogen-bond donors (Lipinski definition) is 2. The fraction of sp³-hybridized carbons (Fsp3) is 0.0556. The number of rotatable bonds is 4. The zero-order valence-corrected chi connectivity index (χ0v) is 14.8. The lowest BCUT2D eigenvalue weighted by molar-refractivity contribution is 0.102. The van der Waals surface area contributed by atoms with E-state index >= 15 is 0 Å². The third-order valence-electron chi connectivity index (χ3n) is 3.30. The van der Waals surface area contributed by atoms with Gasteiger partial charge in [-0.2, -0.15) is 0 Å². The molecule has 0 saturated heterocycles. The molecule has 1 amide bonds. The molecule has 0 spiro atoms. The number of carbonyl (C=O) groups is 1. The van der Waals surface area contributed by atoms with Gasteiger partial charge in [0.05, 0.1) is 10.7 Å². The second kappa shape index (κ2) is 7.51. The zero-order chi connectivity index (χ0) is 17.8. The van der Waals surface area contributed by atoms with Gasteiger partial charge in [-0.15, -0.1) is 0 Å². The number of aromatic nitrogens is 2. The predicted octanol–water partition coefficient (Wildman–Crippen LogP) is 5.09. The average molecular weight is 373 g/mol. The molecule has 2 aromatic carbocycles. The Morgan fingerprint density at radius 3 is 2.48 bits per heavy atom. The first-order valence-electron chi connectivity index (χ1n) is 7.45. The Morgan fingerprint density at radius 2 is 1.76 bits per heavy atom. The van der Waals surface area contributed by atoms with Crippen LogP contribution in [-0.2, 0) is 0 Å². The van der Waals surface area contributed by atoms with Crippen molar-refractivity contribution in [3.63, 3.8) is 0 Å². The van der Waals surface area contributed by atoms with Crippen molar-refractivity contribution in [1.29, 1.82) is 0 Å². The SMILES string of the molecule is Cc1nc(Nc2ccccc2)cc(C(=O)Nc2ccc(Cl)cc2Cl)n1. The van der Waals surface area contributed by atoms with Gasteiger partial charge in [-0.1, -0.05) is 41.4 Å². The molecule has 0 aliphatic heterocycles. The van der Waals surface area contributed by atoms with Crippen LogP contribution in [-0.4, -0.2) is 15.9 Å². The topological polar surface area (TPSA) is 66.9 Å². The third kappa shape index (κ3) is 4.47. The predicted molar refractivity (Wildman–Crippen MR) is 101 cm³/mol. The molecule has 0 aliphatic rings. The van der Waals surface area contributed by atoms with Crippen LogP contribution in [0.15, 0.2) is 54.6 Å². The van der Waals surface area contributed by atoms with E-state index in [0.717, 1.165) is 5.69 Å². The van der Waals surface area contributed by atoms with Crippen LogP contribution in [0.2, 0.25) is 10.0 Å². The molecule has 1 aromatic heterocycles. The van der Waals surface area contributed by atoms with Crippen molar-refractivity contribution in [3.05, 3.63) is 76.2 Å². The van der Waals surface area contributed by atoms with Gasteiger partial charge in [-0.25, -0.2) is 9.97 Å². The summed E-state index contributed by atoms with van der Waals surface area (Å²) in [6.07, 6.45) is 0. The molecule has 126 valence electrons. The molecule has 0 radical (unpaired) electrons. The smallest absolute Gasteiger partial charge is 0.274 e. The van der Waals surface area contributed by atoms with E-state index in [1.165, 1.54) is 0 Å². The van der Waals surface area contributed by atoms with Gasteiger partial charge in [-0.3, -0.25) is 4.79 Å². The minimum Gasteiger partial charge on any atom is -0.340 e. The van der Waals surface area contributed by atoms with Crippen LogP contribution in [0.25, 0.3) is 0 Å². The molecule has 0 unspecified atom stereocenters. The number of halogens is 2. The molecule has 3 aromatic rings. The van der Waals surface area contributed by atoms with E-state index < -0.39 is 0 Å². The van der Waals surface area contributed by atoms with Crippen molar-refractivity contribution < 1.29 is 4.79 Å². The standard InChI is InChI=1S/C18H14Cl2N4O/c1-11-21-16(10-17(22-11)23-13-5-3-2-4-6-13)18(25)24-15-8-7-12(19)9-14(15)20/h2-10H,1H3,(H,24,25)(H,21,22,23). The van der Waals surface area contributed by atoms with E-state index in [4.69, 9.17) is 23.2 Å². The van der Waals surface area contributed by atoms with Crippen molar-refractivity contribution in [3.8, 4) is 0 Å². The lowest BCUT2D eigenvalue weighted by atomic mass is 10.3. The van der Waals surface area contributed by atoms with E-state index in [-0.39, 0.29) is 11.6 Å². The van der Waals surface area contributed by atoms with Gasteiger partial charge in [0.2, 0.25) is 0 Å². The van der Waals surface area contributed by atoms with Gasteiger partial charge in [0.1, 0.15) is 17.3 Å². The molecule has 2 N–H and O–H groups in total. The Kier molecular flexibility index (Phi) is 5.16. The summed E-state index contributed by atoms with van der Waals surface area (Å²) in [5.41, 5.74) is 1.56. The van der Waals surface area contributed by atoms with Crippen LogP contribution >= 0.6 is 23.2 Å². The number of nitrogens with one attached hydrogen (secondary N) is 2. The van der Waals surface area contributed by atoms with Crippen LogP contribution in [0.4, 0.5) is 17.2 Å².